The Morgan fingerprint density at radius 1 is 0.950 bits per heavy atom. The van der Waals surface area contributed by atoms with Gasteiger partial charge in [-0.15, -0.1) is 0 Å². The molecule has 1 saturated heterocycles. The molecule has 2 N–H and O–H groups in total. The van der Waals surface area contributed by atoms with E-state index in [0.717, 1.165) is 11.1 Å². The van der Waals surface area contributed by atoms with Crippen molar-refractivity contribution < 1.29 is 31.1 Å². The number of rotatable bonds is 10. The number of ether oxygens (including phenoxy) is 2. The number of benzene rings is 3. The molecule has 0 aliphatic carbocycles. The summed E-state index contributed by atoms with van der Waals surface area (Å²) in [6.45, 7) is 5.38. The van der Waals surface area contributed by atoms with E-state index in [1.807, 2.05) is 19.9 Å². The third-order valence-electron chi connectivity index (χ3n) is 6.33. The fourth-order valence-corrected chi connectivity index (χ4v) is 6.93. The number of carbonyl (C=O) groups excluding carboxylic acids is 1. The van der Waals surface area contributed by atoms with Gasteiger partial charge in [0.1, 0.15) is 17.3 Å². The number of halogens is 1. The van der Waals surface area contributed by atoms with Crippen LogP contribution in [0, 0.1) is 13.8 Å². The average molecular weight is 608 g/mol. The van der Waals surface area contributed by atoms with E-state index in [2.05, 4.69) is 10.0 Å². The number of hydrogen-bond acceptors (Lipinski definition) is 7. The number of hydrogen-bond donors (Lipinski definition) is 2. The first kappa shape index (κ1) is 29.8. The van der Waals surface area contributed by atoms with Gasteiger partial charge < -0.3 is 14.8 Å². The van der Waals surface area contributed by atoms with Gasteiger partial charge >= 0.3 is 0 Å². The topological polar surface area (TPSA) is 131 Å². The molecule has 0 bridgehead atoms. The molecule has 1 amide bonds. The zero-order chi connectivity index (χ0) is 28.9. The molecule has 0 unspecified atom stereocenters. The monoisotopic (exact) mass is 607 g/mol. The van der Waals surface area contributed by atoms with E-state index in [1.54, 1.807) is 24.3 Å². The Kier molecular flexibility index (Phi) is 9.37. The first-order chi connectivity index (χ1) is 19.0. The lowest BCUT2D eigenvalue weighted by atomic mass is 10.1. The van der Waals surface area contributed by atoms with Crippen LogP contribution < -0.4 is 14.8 Å². The van der Waals surface area contributed by atoms with Crippen molar-refractivity contribution in [3.05, 3.63) is 82.4 Å². The number of nitrogens with one attached hydrogen (secondary N) is 2. The maximum Gasteiger partial charge on any atom is 0.263 e. The summed E-state index contributed by atoms with van der Waals surface area (Å²) >= 11 is 6.17. The van der Waals surface area contributed by atoms with Crippen LogP contribution in [0.2, 0.25) is 5.02 Å². The predicted molar refractivity (Wildman–Crippen MR) is 152 cm³/mol. The minimum atomic E-state index is -4.05. The SMILES string of the molecule is Cc1ccc(NS(=O)(=O)c2cc(C(=O)NCCOc3ccc(S(=O)(=O)N4CCOCC4)cc3)ccc2Cl)cc1C. The van der Waals surface area contributed by atoms with Gasteiger partial charge in [-0.1, -0.05) is 17.7 Å². The second-order valence-corrected chi connectivity index (χ2v) is 13.1. The zero-order valence-corrected chi connectivity index (χ0v) is 24.4. The molecule has 1 fully saturated rings. The van der Waals surface area contributed by atoms with Crippen molar-refractivity contribution in [3.63, 3.8) is 0 Å². The van der Waals surface area contributed by atoms with Crippen molar-refractivity contribution in [2.45, 2.75) is 23.6 Å². The Morgan fingerprint density at radius 3 is 2.33 bits per heavy atom. The minimum Gasteiger partial charge on any atom is -0.492 e. The summed E-state index contributed by atoms with van der Waals surface area (Å²) in [5.41, 5.74) is 2.45. The maximum absolute atomic E-state index is 13.0. The van der Waals surface area contributed by atoms with Gasteiger partial charge in [-0.2, -0.15) is 4.31 Å². The van der Waals surface area contributed by atoms with Crippen molar-refractivity contribution in [1.82, 2.24) is 9.62 Å². The molecule has 1 aliphatic rings. The van der Waals surface area contributed by atoms with Crippen LogP contribution in [0.3, 0.4) is 0 Å². The number of aryl methyl sites for hydroxylation is 2. The summed E-state index contributed by atoms with van der Waals surface area (Å²) < 4.78 is 66.2. The van der Waals surface area contributed by atoms with Crippen molar-refractivity contribution in [3.8, 4) is 5.75 Å². The maximum atomic E-state index is 13.0. The van der Waals surface area contributed by atoms with Crippen molar-refractivity contribution >= 4 is 43.2 Å². The van der Waals surface area contributed by atoms with Crippen molar-refractivity contribution in [2.75, 3.05) is 44.2 Å². The van der Waals surface area contributed by atoms with E-state index in [0.29, 0.717) is 37.7 Å². The molecule has 0 saturated carbocycles. The van der Waals surface area contributed by atoms with Crippen LogP contribution in [-0.4, -0.2) is 66.5 Å². The van der Waals surface area contributed by atoms with Gasteiger partial charge in [-0.25, -0.2) is 16.8 Å². The lowest BCUT2D eigenvalue weighted by Gasteiger charge is -2.26. The van der Waals surface area contributed by atoms with Crippen molar-refractivity contribution in [1.29, 1.82) is 0 Å². The third-order valence-corrected chi connectivity index (χ3v) is 10.1. The molecule has 1 aliphatic heterocycles. The molecular weight excluding hydrogens is 578 g/mol. The van der Waals surface area contributed by atoms with Gasteiger partial charge in [0, 0.05) is 24.3 Å². The summed E-state index contributed by atoms with van der Waals surface area (Å²) in [5.74, 6) is -0.0673. The van der Waals surface area contributed by atoms with Crippen LogP contribution in [0.25, 0.3) is 0 Å². The number of carbonyl (C=O) groups is 1. The minimum absolute atomic E-state index is 0.0182. The fourth-order valence-electron chi connectivity index (χ4n) is 3.94. The normalized spacial score (nSPS) is 14.5. The second kappa shape index (κ2) is 12.6. The molecule has 0 aromatic heterocycles. The second-order valence-electron chi connectivity index (χ2n) is 9.14. The number of nitrogens with zero attached hydrogens (tertiary/aromatic N) is 1. The Morgan fingerprint density at radius 2 is 1.65 bits per heavy atom. The number of sulfonamides is 2. The van der Waals surface area contributed by atoms with E-state index >= 15 is 0 Å². The average Bonchev–Trinajstić information content (AvgIpc) is 2.93. The lowest BCUT2D eigenvalue weighted by molar-refractivity contribution is 0.0730. The zero-order valence-electron chi connectivity index (χ0n) is 22.0. The van der Waals surface area contributed by atoms with E-state index in [4.69, 9.17) is 21.1 Å². The van der Waals surface area contributed by atoms with Crippen LogP contribution >= 0.6 is 11.6 Å². The smallest absolute Gasteiger partial charge is 0.263 e. The fraction of sp³-hybridized carbons (Fsp3) is 0.296. The first-order valence-electron chi connectivity index (χ1n) is 12.5. The van der Waals surface area contributed by atoms with Gasteiger partial charge in [-0.3, -0.25) is 9.52 Å². The van der Waals surface area contributed by atoms with Gasteiger partial charge in [0.05, 0.1) is 29.7 Å². The molecule has 10 nitrogen and oxygen atoms in total. The molecule has 0 radical (unpaired) electrons. The summed E-state index contributed by atoms with van der Waals surface area (Å²) in [4.78, 5) is 12.6. The Labute approximate surface area is 239 Å². The molecule has 3 aromatic carbocycles. The summed E-state index contributed by atoms with van der Waals surface area (Å²) in [6, 6.07) is 15.2. The Balaban J connectivity index is 1.33. The van der Waals surface area contributed by atoms with E-state index in [1.165, 1.54) is 34.6 Å². The highest BCUT2D eigenvalue weighted by Crippen LogP contribution is 2.26. The summed E-state index contributed by atoms with van der Waals surface area (Å²) in [5, 5.41) is 2.65. The molecule has 214 valence electrons. The van der Waals surface area contributed by atoms with Crippen LogP contribution in [0.4, 0.5) is 5.69 Å². The summed E-state index contributed by atoms with van der Waals surface area (Å²) in [6.07, 6.45) is 0. The highest BCUT2D eigenvalue weighted by molar-refractivity contribution is 7.92. The van der Waals surface area contributed by atoms with Crippen LogP contribution in [0.5, 0.6) is 5.75 Å². The lowest BCUT2D eigenvalue weighted by Crippen LogP contribution is -2.40. The van der Waals surface area contributed by atoms with Gasteiger partial charge in [-0.05, 0) is 79.6 Å². The van der Waals surface area contributed by atoms with Gasteiger partial charge in [0.25, 0.3) is 15.9 Å². The molecule has 40 heavy (non-hydrogen) atoms. The van der Waals surface area contributed by atoms with Crippen LogP contribution in [0.15, 0.2) is 70.5 Å². The number of morpholine rings is 1. The van der Waals surface area contributed by atoms with Crippen molar-refractivity contribution in [2.24, 2.45) is 0 Å². The third kappa shape index (κ3) is 7.12. The molecule has 0 atom stereocenters. The largest absolute Gasteiger partial charge is 0.492 e. The molecule has 1 heterocycles. The molecule has 0 spiro atoms. The highest BCUT2D eigenvalue weighted by Gasteiger charge is 2.26. The quantitative estimate of drug-likeness (QED) is 0.337. The van der Waals surface area contributed by atoms with Gasteiger partial charge in [0.2, 0.25) is 10.0 Å². The summed E-state index contributed by atoms with van der Waals surface area (Å²) in [7, 11) is -7.65. The van der Waals surface area contributed by atoms with E-state index in [9.17, 15) is 21.6 Å². The standard InChI is InChI=1S/C27H30ClN3O7S2/c1-19-3-5-22(17-20(19)2)30-39(33,34)26-18-21(4-10-25(26)28)27(32)29-11-14-38-23-6-8-24(9-7-23)40(35,36)31-12-15-37-16-13-31/h3-10,17-18,30H,11-16H2,1-2H3,(H,29,32). The Bertz CT molecular complexity index is 1590. The molecular formula is C27H30ClN3O7S2. The van der Waals surface area contributed by atoms with E-state index < -0.39 is 26.0 Å². The molecule has 3 aromatic rings. The predicted octanol–water partition coefficient (Wildman–Crippen LogP) is 3.59. The highest BCUT2D eigenvalue weighted by atomic mass is 35.5. The number of anilines is 1. The Hall–Kier alpha value is -3.16. The van der Waals surface area contributed by atoms with Crippen LogP contribution in [-0.2, 0) is 24.8 Å². The van der Waals surface area contributed by atoms with Crippen LogP contribution in [0.1, 0.15) is 21.5 Å². The van der Waals surface area contributed by atoms with Gasteiger partial charge in [0.15, 0.2) is 0 Å². The molecule has 4 rings (SSSR count). The first-order valence-corrected chi connectivity index (χ1v) is 15.8. The molecule has 13 heteroatoms. The van der Waals surface area contributed by atoms with E-state index in [-0.39, 0.29) is 33.5 Å². The number of amides is 1.